The van der Waals surface area contributed by atoms with E-state index in [0.717, 1.165) is 31.1 Å². The highest BCUT2D eigenvalue weighted by Gasteiger charge is 2.26. The molecule has 0 radical (unpaired) electrons. The average Bonchev–Trinajstić information content (AvgIpc) is 3.24. The summed E-state index contributed by atoms with van der Waals surface area (Å²) in [5.41, 5.74) is 5.89. The van der Waals surface area contributed by atoms with Crippen LogP contribution in [0, 0.1) is 0 Å². The van der Waals surface area contributed by atoms with Crippen molar-refractivity contribution in [3.8, 4) is 5.75 Å². The van der Waals surface area contributed by atoms with Gasteiger partial charge in [-0.2, -0.15) is 5.10 Å². The normalized spacial score (nSPS) is 12.3. The molecule has 186 valence electrons. The zero-order valence-electron chi connectivity index (χ0n) is 21.0. The maximum atomic E-state index is 12.3. The third-order valence-corrected chi connectivity index (χ3v) is 8.33. The maximum Gasteiger partial charge on any atom is 0.250 e. The number of nitrogens with one attached hydrogen (secondary N) is 1. The fourth-order valence-corrected chi connectivity index (χ4v) is 6.01. The molecule has 3 rings (SSSR count). The summed E-state index contributed by atoms with van der Waals surface area (Å²) in [5, 5.41) is 23.4. The largest absolute Gasteiger partial charge is 0.507 e. The zero-order chi connectivity index (χ0) is 25.6. The van der Waals surface area contributed by atoms with Gasteiger partial charge in [-0.05, 0) is 34.1 Å². The summed E-state index contributed by atoms with van der Waals surface area (Å²) < 4.78 is 1.63. The molecule has 0 aliphatic heterocycles. The van der Waals surface area contributed by atoms with Gasteiger partial charge >= 0.3 is 0 Å². The van der Waals surface area contributed by atoms with E-state index in [1.807, 2.05) is 30.3 Å². The number of nitrogens with zero attached hydrogens (tertiary/aromatic N) is 3. The van der Waals surface area contributed by atoms with Gasteiger partial charge in [0.15, 0.2) is 8.68 Å². The molecule has 35 heavy (non-hydrogen) atoms. The van der Waals surface area contributed by atoms with Gasteiger partial charge in [0, 0.05) is 16.9 Å². The zero-order valence-corrected chi connectivity index (χ0v) is 23.4. The number of rotatable bonds is 8. The van der Waals surface area contributed by atoms with E-state index >= 15 is 0 Å². The monoisotopic (exact) mass is 528 g/mol. The average molecular weight is 529 g/mol. The Morgan fingerprint density at radius 3 is 2.14 bits per heavy atom. The lowest BCUT2D eigenvalue weighted by molar-refractivity contribution is -0.118. The lowest BCUT2D eigenvalue weighted by Gasteiger charge is -2.27. The summed E-state index contributed by atoms with van der Waals surface area (Å²) in [6.45, 7) is 12.4. The van der Waals surface area contributed by atoms with E-state index in [1.54, 1.807) is 18.0 Å². The molecule has 0 saturated carbocycles. The Balaban J connectivity index is 1.56. The van der Waals surface area contributed by atoms with Crippen LogP contribution >= 0.6 is 34.9 Å². The molecule has 0 saturated heterocycles. The Kier molecular flexibility index (Phi) is 9.01. The van der Waals surface area contributed by atoms with Gasteiger partial charge in [0.05, 0.1) is 12.0 Å². The lowest BCUT2D eigenvalue weighted by atomic mass is 9.78. The van der Waals surface area contributed by atoms with Crippen LogP contribution in [0.2, 0.25) is 0 Å². The second-order valence-corrected chi connectivity index (χ2v) is 13.6. The van der Waals surface area contributed by atoms with Crippen LogP contribution in [0.5, 0.6) is 5.75 Å². The molecule has 2 N–H and O–H groups in total. The Hall–Kier alpha value is -2.36. The molecule has 6 nitrogen and oxygen atoms in total. The van der Waals surface area contributed by atoms with Crippen LogP contribution in [0.4, 0.5) is 0 Å². The molecule has 3 aromatic rings. The first-order valence-corrected chi connectivity index (χ1v) is 14.0. The smallest absolute Gasteiger partial charge is 0.250 e. The topological polar surface area (TPSA) is 87.5 Å². The highest BCUT2D eigenvalue weighted by Crippen LogP contribution is 2.39. The number of carbonyl (C=O) groups excluding carboxylic acids is 1. The molecule has 9 heteroatoms. The lowest BCUT2D eigenvalue weighted by Crippen LogP contribution is -2.20. The van der Waals surface area contributed by atoms with Crippen molar-refractivity contribution in [2.75, 3.05) is 5.75 Å². The van der Waals surface area contributed by atoms with E-state index in [1.165, 1.54) is 28.7 Å². The van der Waals surface area contributed by atoms with Crippen LogP contribution in [0.3, 0.4) is 0 Å². The molecule has 0 aliphatic carbocycles. The van der Waals surface area contributed by atoms with Gasteiger partial charge in [-0.25, -0.2) is 5.43 Å². The number of hydrazone groups is 1. The number of benzene rings is 2. The molecular weight excluding hydrogens is 497 g/mol. The number of thioether (sulfide) groups is 2. The Labute approximate surface area is 220 Å². The molecule has 1 amide bonds. The first kappa shape index (κ1) is 27.2. The Morgan fingerprint density at radius 2 is 1.57 bits per heavy atom. The second kappa shape index (κ2) is 11.6. The van der Waals surface area contributed by atoms with Gasteiger partial charge in [0.1, 0.15) is 5.75 Å². The summed E-state index contributed by atoms with van der Waals surface area (Å²) in [6.07, 6.45) is 1.62. The van der Waals surface area contributed by atoms with Crippen LogP contribution < -0.4 is 5.43 Å². The van der Waals surface area contributed by atoms with Gasteiger partial charge in [0.2, 0.25) is 0 Å². The van der Waals surface area contributed by atoms with E-state index in [0.29, 0.717) is 5.75 Å². The number of hydrogen-bond donors (Lipinski definition) is 2. The summed E-state index contributed by atoms with van der Waals surface area (Å²) in [7, 11) is 0. The van der Waals surface area contributed by atoms with E-state index in [2.05, 4.69) is 74.4 Å². The Morgan fingerprint density at radius 1 is 1.00 bits per heavy atom. The maximum absolute atomic E-state index is 12.3. The quantitative estimate of drug-likeness (QED) is 0.201. The molecule has 0 atom stereocenters. The van der Waals surface area contributed by atoms with Crippen LogP contribution in [0.1, 0.15) is 63.8 Å². The molecule has 0 fully saturated rings. The van der Waals surface area contributed by atoms with Gasteiger partial charge in [-0.15, -0.1) is 10.2 Å². The molecule has 1 heterocycles. The van der Waals surface area contributed by atoms with Gasteiger partial charge in [-0.3, -0.25) is 4.79 Å². The van der Waals surface area contributed by atoms with Crippen LogP contribution in [0.25, 0.3) is 0 Å². The Bertz CT molecular complexity index is 1140. The van der Waals surface area contributed by atoms with Crippen LogP contribution in [-0.4, -0.2) is 33.2 Å². The summed E-state index contributed by atoms with van der Waals surface area (Å²) in [4.78, 5) is 12.3. The van der Waals surface area contributed by atoms with Crippen molar-refractivity contribution in [2.45, 2.75) is 66.8 Å². The number of aromatic hydroxyl groups is 1. The summed E-state index contributed by atoms with van der Waals surface area (Å²) >= 11 is 4.47. The highest BCUT2D eigenvalue weighted by molar-refractivity contribution is 8.03. The number of hydrogen-bond acceptors (Lipinski definition) is 8. The number of aromatic nitrogens is 2. The first-order valence-electron chi connectivity index (χ1n) is 11.3. The minimum absolute atomic E-state index is 0.200. The SMILES string of the molecule is CC(C)(C)c1cc(/C=N/NC(=O)CSc2nnc(SCc3ccccc3)s2)cc(C(C)(C)C)c1O. The first-order chi connectivity index (χ1) is 16.4. The van der Waals surface area contributed by atoms with E-state index in [4.69, 9.17) is 0 Å². The number of carbonyl (C=O) groups is 1. The summed E-state index contributed by atoms with van der Waals surface area (Å²) in [6, 6.07) is 14.1. The third-order valence-electron chi connectivity index (χ3n) is 5.07. The predicted octanol–water partition coefficient (Wildman–Crippen LogP) is 6.37. The molecular formula is C26H32N4O2S3. The summed E-state index contributed by atoms with van der Waals surface area (Å²) in [5.74, 6) is 1.14. The fourth-order valence-electron chi connectivity index (χ4n) is 3.25. The molecule has 2 aromatic carbocycles. The van der Waals surface area contributed by atoms with Gasteiger partial charge < -0.3 is 5.11 Å². The van der Waals surface area contributed by atoms with Crippen LogP contribution in [-0.2, 0) is 21.4 Å². The van der Waals surface area contributed by atoms with Gasteiger partial charge in [0.25, 0.3) is 5.91 Å². The molecule has 1 aromatic heterocycles. The van der Waals surface area contributed by atoms with Crippen molar-refractivity contribution in [1.29, 1.82) is 0 Å². The minimum atomic E-state index is -0.228. The van der Waals surface area contributed by atoms with E-state index < -0.39 is 0 Å². The van der Waals surface area contributed by atoms with Gasteiger partial charge in [-0.1, -0.05) is 107 Å². The number of phenolic OH excluding ortho intramolecular Hbond substituents is 1. The minimum Gasteiger partial charge on any atom is -0.507 e. The fraction of sp³-hybridized carbons (Fsp3) is 0.385. The number of amides is 1. The van der Waals surface area contributed by atoms with Crippen molar-refractivity contribution >= 4 is 47.0 Å². The third kappa shape index (κ3) is 8.08. The van der Waals surface area contributed by atoms with Crippen molar-refractivity contribution in [1.82, 2.24) is 15.6 Å². The van der Waals surface area contributed by atoms with Crippen molar-refractivity contribution < 1.29 is 9.90 Å². The standard InChI is InChI=1S/C26H32N4O2S3/c1-25(2,3)19-12-18(13-20(22(19)32)26(4,5)6)14-27-28-21(31)16-34-24-30-29-23(35-24)33-15-17-10-8-7-9-11-17/h7-14,32H,15-16H2,1-6H3,(H,28,31)/b27-14+. The van der Waals surface area contributed by atoms with Crippen LogP contribution in [0.15, 0.2) is 56.2 Å². The second-order valence-electron chi connectivity index (χ2n) is 10.2. The van der Waals surface area contributed by atoms with Crippen molar-refractivity contribution in [3.05, 3.63) is 64.7 Å². The molecule has 0 bridgehead atoms. The molecule has 0 spiro atoms. The number of phenols is 1. The van der Waals surface area contributed by atoms with Crippen molar-refractivity contribution in [3.63, 3.8) is 0 Å². The molecule has 0 aliphatic rings. The highest BCUT2D eigenvalue weighted by atomic mass is 32.2. The van der Waals surface area contributed by atoms with E-state index in [9.17, 15) is 9.90 Å². The molecule has 0 unspecified atom stereocenters. The predicted molar refractivity (Wildman–Crippen MR) is 148 cm³/mol. The van der Waals surface area contributed by atoms with Crippen molar-refractivity contribution in [2.24, 2.45) is 5.10 Å². The van der Waals surface area contributed by atoms with E-state index in [-0.39, 0.29) is 22.5 Å².